The van der Waals surface area contributed by atoms with Gasteiger partial charge in [-0.05, 0) is 44.4 Å². The highest BCUT2D eigenvalue weighted by molar-refractivity contribution is 5.52. The molecule has 0 spiro atoms. The Morgan fingerprint density at radius 2 is 2.05 bits per heavy atom. The summed E-state index contributed by atoms with van der Waals surface area (Å²) in [6.45, 7) is 9.60. The molecule has 1 saturated carbocycles. The predicted molar refractivity (Wildman–Crippen MR) is 78.3 cm³/mol. The minimum absolute atomic E-state index is 0.292. The van der Waals surface area contributed by atoms with Crippen LogP contribution in [0.3, 0.4) is 0 Å². The Balaban J connectivity index is 2.10. The largest absolute Gasteiger partial charge is 0.473 e. The highest BCUT2D eigenvalue weighted by atomic mass is 16.5. The van der Waals surface area contributed by atoms with Crippen molar-refractivity contribution in [3.8, 4) is 5.88 Å². The van der Waals surface area contributed by atoms with Crippen LogP contribution in [0.1, 0.15) is 52.1 Å². The summed E-state index contributed by atoms with van der Waals surface area (Å²) in [5.74, 6) is 2.31. The number of aryl methyl sites for hydroxylation is 2. The van der Waals surface area contributed by atoms with E-state index in [1.807, 2.05) is 11.6 Å². The molecule has 4 nitrogen and oxygen atoms in total. The van der Waals surface area contributed by atoms with Gasteiger partial charge in [-0.2, -0.15) is 5.10 Å². The summed E-state index contributed by atoms with van der Waals surface area (Å²) in [4.78, 5) is 0. The summed E-state index contributed by atoms with van der Waals surface area (Å²) in [6.07, 6.45) is 4.82. The number of nitrogens with two attached hydrogens (primary N) is 1. The first-order chi connectivity index (χ1) is 9.02. The fourth-order valence-corrected chi connectivity index (χ4v) is 2.82. The van der Waals surface area contributed by atoms with Crippen LogP contribution in [0.2, 0.25) is 0 Å². The second kappa shape index (κ2) is 5.85. The lowest BCUT2D eigenvalue weighted by molar-refractivity contribution is 0.0918. The zero-order valence-corrected chi connectivity index (χ0v) is 12.6. The third-order valence-corrected chi connectivity index (χ3v) is 4.39. The van der Waals surface area contributed by atoms with Crippen LogP contribution < -0.4 is 10.5 Å². The summed E-state index contributed by atoms with van der Waals surface area (Å²) in [5, 5.41) is 4.47. The van der Waals surface area contributed by atoms with Gasteiger partial charge in [-0.15, -0.1) is 0 Å². The fourth-order valence-electron chi connectivity index (χ4n) is 2.82. The van der Waals surface area contributed by atoms with Crippen molar-refractivity contribution in [1.29, 1.82) is 0 Å². The molecule has 2 rings (SSSR count). The van der Waals surface area contributed by atoms with Crippen molar-refractivity contribution in [2.75, 3.05) is 5.73 Å². The number of anilines is 1. The third-order valence-electron chi connectivity index (χ3n) is 4.39. The molecule has 108 valence electrons. The minimum atomic E-state index is 0.292. The second-order valence-electron chi connectivity index (χ2n) is 6.03. The highest BCUT2D eigenvalue weighted by Crippen LogP contribution is 2.34. The SMILES string of the molecule is CCCn1nc(C)c(N)c1OC1CCC(C)C(C)C1. The number of nitrogens with zero attached hydrogens (tertiary/aromatic N) is 2. The van der Waals surface area contributed by atoms with Crippen molar-refractivity contribution in [2.24, 2.45) is 11.8 Å². The van der Waals surface area contributed by atoms with Crippen molar-refractivity contribution in [3.05, 3.63) is 5.69 Å². The molecule has 0 saturated heterocycles. The monoisotopic (exact) mass is 265 g/mol. The molecule has 2 N–H and O–H groups in total. The Hall–Kier alpha value is -1.19. The van der Waals surface area contributed by atoms with Gasteiger partial charge in [0.2, 0.25) is 5.88 Å². The normalized spacial score (nSPS) is 27.5. The Kier molecular flexibility index (Phi) is 4.38. The maximum atomic E-state index is 6.18. The maximum Gasteiger partial charge on any atom is 0.236 e. The average molecular weight is 265 g/mol. The molecular formula is C15H27N3O. The van der Waals surface area contributed by atoms with Gasteiger partial charge in [-0.25, -0.2) is 4.68 Å². The molecule has 0 amide bonds. The maximum absolute atomic E-state index is 6.18. The first kappa shape index (κ1) is 14.2. The molecule has 19 heavy (non-hydrogen) atoms. The van der Waals surface area contributed by atoms with Gasteiger partial charge in [0.05, 0.1) is 5.69 Å². The summed E-state index contributed by atoms with van der Waals surface area (Å²) in [5.41, 5.74) is 7.69. The summed E-state index contributed by atoms with van der Waals surface area (Å²) >= 11 is 0. The lowest BCUT2D eigenvalue weighted by atomic mass is 9.80. The van der Waals surface area contributed by atoms with Gasteiger partial charge in [0.25, 0.3) is 0 Å². The zero-order valence-electron chi connectivity index (χ0n) is 12.6. The molecular weight excluding hydrogens is 238 g/mol. The quantitative estimate of drug-likeness (QED) is 0.908. The van der Waals surface area contributed by atoms with E-state index in [1.54, 1.807) is 0 Å². The van der Waals surface area contributed by atoms with Gasteiger partial charge < -0.3 is 10.5 Å². The third kappa shape index (κ3) is 3.04. The van der Waals surface area contributed by atoms with E-state index in [2.05, 4.69) is 25.9 Å². The van der Waals surface area contributed by atoms with Gasteiger partial charge in [0, 0.05) is 6.54 Å². The van der Waals surface area contributed by atoms with Crippen molar-refractivity contribution >= 4 is 5.69 Å². The lowest BCUT2D eigenvalue weighted by Gasteiger charge is -2.32. The number of hydrogen-bond donors (Lipinski definition) is 1. The van der Waals surface area contributed by atoms with Crippen LogP contribution in [0, 0.1) is 18.8 Å². The topological polar surface area (TPSA) is 53.1 Å². The predicted octanol–water partition coefficient (Wildman–Crippen LogP) is 3.39. The molecule has 3 atom stereocenters. The molecule has 0 aliphatic heterocycles. The first-order valence-electron chi connectivity index (χ1n) is 7.52. The lowest BCUT2D eigenvalue weighted by Crippen LogP contribution is -2.29. The molecule has 4 heteroatoms. The molecule has 0 aromatic carbocycles. The van der Waals surface area contributed by atoms with Gasteiger partial charge in [-0.1, -0.05) is 20.8 Å². The van der Waals surface area contributed by atoms with Crippen LogP contribution in [0.25, 0.3) is 0 Å². The average Bonchev–Trinajstić information content (AvgIpc) is 2.62. The van der Waals surface area contributed by atoms with Crippen molar-refractivity contribution < 1.29 is 4.74 Å². The van der Waals surface area contributed by atoms with Gasteiger partial charge >= 0.3 is 0 Å². The van der Waals surface area contributed by atoms with Crippen molar-refractivity contribution in [2.45, 2.75) is 66.0 Å². The number of ether oxygens (including phenoxy) is 1. The molecule has 1 aliphatic carbocycles. The standard InChI is InChI=1S/C15H27N3O/c1-5-8-18-15(14(16)12(4)17-18)19-13-7-6-10(2)11(3)9-13/h10-11,13H,5-9,16H2,1-4H3. The van der Waals surface area contributed by atoms with Gasteiger partial charge in [0.15, 0.2) is 0 Å². The van der Waals surface area contributed by atoms with Crippen molar-refractivity contribution in [1.82, 2.24) is 9.78 Å². The van der Waals surface area contributed by atoms with E-state index in [0.717, 1.165) is 49.2 Å². The van der Waals surface area contributed by atoms with Crippen LogP contribution in [0.15, 0.2) is 0 Å². The van der Waals surface area contributed by atoms with E-state index in [0.29, 0.717) is 11.8 Å². The van der Waals surface area contributed by atoms with E-state index in [4.69, 9.17) is 10.5 Å². The molecule has 1 heterocycles. The van der Waals surface area contributed by atoms with E-state index >= 15 is 0 Å². The molecule has 0 bridgehead atoms. The van der Waals surface area contributed by atoms with E-state index in [1.165, 1.54) is 6.42 Å². The fraction of sp³-hybridized carbons (Fsp3) is 0.800. The number of rotatable bonds is 4. The van der Waals surface area contributed by atoms with Gasteiger partial charge in [-0.3, -0.25) is 0 Å². The Bertz CT molecular complexity index is 427. The Labute approximate surface area is 116 Å². The Morgan fingerprint density at radius 3 is 2.68 bits per heavy atom. The van der Waals surface area contributed by atoms with Crippen LogP contribution >= 0.6 is 0 Å². The number of aromatic nitrogens is 2. The zero-order chi connectivity index (χ0) is 14.0. The van der Waals surface area contributed by atoms with Crippen molar-refractivity contribution in [3.63, 3.8) is 0 Å². The van der Waals surface area contributed by atoms with E-state index in [9.17, 15) is 0 Å². The van der Waals surface area contributed by atoms with Crippen LogP contribution in [-0.2, 0) is 6.54 Å². The highest BCUT2D eigenvalue weighted by Gasteiger charge is 2.27. The molecule has 0 radical (unpaired) electrons. The Morgan fingerprint density at radius 1 is 1.32 bits per heavy atom. The molecule has 3 unspecified atom stereocenters. The number of nitrogen functional groups attached to an aromatic ring is 1. The van der Waals surface area contributed by atoms with E-state index < -0.39 is 0 Å². The smallest absolute Gasteiger partial charge is 0.236 e. The summed E-state index contributed by atoms with van der Waals surface area (Å²) in [6, 6.07) is 0. The minimum Gasteiger partial charge on any atom is -0.473 e. The van der Waals surface area contributed by atoms with Gasteiger partial charge in [0.1, 0.15) is 11.8 Å². The van der Waals surface area contributed by atoms with Crippen LogP contribution in [-0.4, -0.2) is 15.9 Å². The summed E-state index contributed by atoms with van der Waals surface area (Å²) < 4.78 is 8.11. The van der Waals surface area contributed by atoms with E-state index in [-0.39, 0.29) is 0 Å². The summed E-state index contributed by atoms with van der Waals surface area (Å²) in [7, 11) is 0. The number of hydrogen-bond acceptors (Lipinski definition) is 3. The van der Waals surface area contributed by atoms with Crippen LogP contribution in [0.4, 0.5) is 5.69 Å². The van der Waals surface area contributed by atoms with Crippen LogP contribution in [0.5, 0.6) is 5.88 Å². The molecule has 1 aliphatic rings. The molecule has 1 aromatic heterocycles. The molecule has 1 aromatic rings. The first-order valence-corrected chi connectivity index (χ1v) is 7.52. The second-order valence-corrected chi connectivity index (χ2v) is 6.03. The molecule has 1 fully saturated rings.